The quantitative estimate of drug-likeness (QED) is 0.470. The number of anilines is 1. The number of carbonyl (C=O) groups excluding carboxylic acids is 1. The minimum Gasteiger partial charge on any atom is -0.352 e. The monoisotopic (exact) mass is 424 g/mol. The van der Waals surface area contributed by atoms with Crippen LogP contribution in [-0.4, -0.2) is 56.5 Å². The predicted molar refractivity (Wildman–Crippen MR) is 126 cm³/mol. The van der Waals surface area contributed by atoms with Crippen LogP contribution in [0.1, 0.15) is 5.56 Å². The largest absolute Gasteiger partial charge is 0.352 e. The molecule has 7 nitrogen and oxygen atoms in total. The fraction of sp³-hybridized carbons (Fsp3) is 0.200. The van der Waals surface area contributed by atoms with Crippen molar-refractivity contribution in [1.29, 1.82) is 0 Å². The number of benzene rings is 1. The van der Waals surface area contributed by atoms with Crippen molar-refractivity contribution in [2.24, 2.45) is 7.05 Å². The van der Waals surface area contributed by atoms with E-state index >= 15 is 0 Å². The van der Waals surface area contributed by atoms with Crippen LogP contribution in [0.2, 0.25) is 0 Å². The number of hydrogen-bond donors (Lipinski definition) is 0. The Balaban J connectivity index is 1.39. The number of amides is 1. The molecule has 4 heterocycles. The van der Waals surface area contributed by atoms with E-state index < -0.39 is 0 Å². The molecule has 1 amide bonds. The maximum Gasteiger partial charge on any atom is 0.246 e. The Hall–Kier alpha value is -4.00. The summed E-state index contributed by atoms with van der Waals surface area (Å²) in [5, 5.41) is 1.03. The summed E-state index contributed by atoms with van der Waals surface area (Å²) >= 11 is 0. The van der Waals surface area contributed by atoms with Gasteiger partial charge in [-0.1, -0.05) is 30.3 Å². The maximum absolute atomic E-state index is 13.0. The molecule has 3 aromatic heterocycles. The van der Waals surface area contributed by atoms with Crippen LogP contribution in [-0.2, 0) is 11.8 Å². The lowest BCUT2D eigenvalue weighted by atomic mass is 10.1. The van der Waals surface area contributed by atoms with Gasteiger partial charge in [0.25, 0.3) is 0 Å². The fourth-order valence-corrected chi connectivity index (χ4v) is 4.27. The Morgan fingerprint density at radius 2 is 1.75 bits per heavy atom. The van der Waals surface area contributed by atoms with Crippen LogP contribution in [0.15, 0.2) is 73.3 Å². The van der Waals surface area contributed by atoms with Crippen molar-refractivity contribution in [3.8, 4) is 11.3 Å². The van der Waals surface area contributed by atoms with Crippen molar-refractivity contribution in [2.45, 2.75) is 0 Å². The summed E-state index contributed by atoms with van der Waals surface area (Å²) in [5.41, 5.74) is 4.05. The van der Waals surface area contributed by atoms with Crippen molar-refractivity contribution in [1.82, 2.24) is 24.4 Å². The molecule has 1 aromatic carbocycles. The number of nitrogens with zero attached hydrogens (tertiary/aromatic N) is 6. The van der Waals surface area contributed by atoms with Crippen LogP contribution in [0.5, 0.6) is 0 Å². The van der Waals surface area contributed by atoms with Gasteiger partial charge in [0.15, 0.2) is 0 Å². The van der Waals surface area contributed by atoms with Crippen LogP contribution in [0, 0.1) is 0 Å². The first-order valence-corrected chi connectivity index (χ1v) is 10.7. The van der Waals surface area contributed by atoms with Crippen molar-refractivity contribution >= 4 is 28.8 Å². The van der Waals surface area contributed by atoms with Crippen molar-refractivity contribution in [3.63, 3.8) is 0 Å². The molecule has 0 radical (unpaired) electrons. The maximum atomic E-state index is 13.0. The Morgan fingerprint density at radius 3 is 2.50 bits per heavy atom. The zero-order valence-electron chi connectivity index (χ0n) is 17.9. The lowest BCUT2D eigenvalue weighted by Gasteiger charge is -2.34. The summed E-state index contributed by atoms with van der Waals surface area (Å²) < 4.78 is 2.09. The highest BCUT2D eigenvalue weighted by Gasteiger charge is 2.21. The molecule has 32 heavy (non-hydrogen) atoms. The minimum atomic E-state index is 0.0173. The number of piperazine rings is 1. The van der Waals surface area contributed by atoms with E-state index in [9.17, 15) is 4.79 Å². The van der Waals surface area contributed by atoms with E-state index in [1.165, 1.54) is 0 Å². The van der Waals surface area contributed by atoms with E-state index in [4.69, 9.17) is 0 Å². The van der Waals surface area contributed by atoms with Crippen LogP contribution >= 0.6 is 0 Å². The first-order chi connectivity index (χ1) is 15.7. The average Bonchev–Trinajstić information content (AvgIpc) is 3.15. The highest BCUT2D eigenvalue weighted by Crippen LogP contribution is 2.33. The van der Waals surface area contributed by atoms with Gasteiger partial charge in [0.1, 0.15) is 11.5 Å². The normalized spacial score (nSPS) is 14.4. The van der Waals surface area contributed by atoms with E-state index in [1.54, 1.807) is 30.9 Å². The molecule has 1 aliphatic heterocycles. The van der Waals surface area contributed by atoms with E-state index in [-0.39, 0.29) is 5.91 Å². The molecule has 0 saturated carbocycles. The Labute approximate surface area is 186 Å². The van der Waals surface area contributed by atoms with E-state index in [0.717, 1.165) is 46.8 Å². The predicted octanol–water partition coefficient (Wildman–Crippen LogP) is 3.39. The first-order valence-electron chi connectivity index (χ1n) is 10.7. The third-order valence-electron chi connectivity index (χ3n) is 5.89. The van der Waals surface area contributed by atoms with Gasteiger partial charge in [-0.25, -0.2) is 9.97 Å². The highest BCUT2D eigenvalue weighted by molar-refractivity contribution is 6.00. The topological polar surface area (TPSA) is 67.2 Å². The Morgan fingerprint density at radius 1 is 0.938 bits per heavy atom. The standard InChI is InChI=1S/C25H24N6O/c1-29-24(19-6-3-2-4-7-19)20(21-8-5-11-28-25(21)29)9-10-23(32)31-16-14-30(15-17-31)22-18-26-12-13-27-22/h2-13,18H,14-17H2,1H3. The second-order valence-corrected chi connectivity index (χ2v) is 7.77. The molecule has 1 saturated heterocycles. The second kappa shape index (κ2) is 8.63. The first kappa shape index (κ1) is 19.9. The van der Waals surface area contributed by atoms with Gasteiger partial charge in [-0.3, -0.25) is 9.78 Å². The van der Waals surface area contributed by atoms with Gasteiger partial charge in [-0.05, 0) is 23.8 Å². The van der Waals surface area contributed by atoms with Gasteiger partial charge in [0, 0.05) is 68.8 Å². The fourth-order valence-electron chi connectivity index (χ4n) is 4.27. The van der Waals surface area contributed by atoms with Crippen LogP contribution < -0.4 is 4.90 Å². The SMILES string of the molecule is Cn1c(-c2ccccc2)c(C=CC(=O)N2CCN(c3cnccn3)CC2)c2cccnc21. The van der Waals surface area contributed by atoms with Gasteiger partial charge >= 0.3 is 0 Å². The van der Waals surface area contributed by atoms with E-state index in [1.807, 2.05) is 42.3 Å². The third-order valence-corrected chi connectivity index (χ3v) is 5.89. The summed E-state index contributed by atoms with van der Waals surface area (Å²) in [6, 6.07) is 14.2. The molecular formula is C25H24N6O. The molecule has 0 atom stereocenters. The lowest BCUT2D eigenvalue weighted by Crippen LogP contribution is -2.48. The summed E-state index contributed by atoms with van der Waals surface area (Å²) in [6.45, 7) is 2.79. The minimum absolute atomic E-state index is 0.0173. The zero-order chi connectivity index (χ0) is 21.9. The molecule has 7 heteroatoms. The smallest absolute Gasteiger partial charge is 0.246 e. The molecule has 4 aromatic rings. The van der Waals surface area contributed by atoms with E-state index in [2.05, 4.69) is 42.6 Å². The van der Waals surface area contributed by atoms with Gasteiger partial charge < -0.3 is 14.4 Å². The number of pyridine rings is 1. The van der Waals surface area contributed by atoms with Crippen LogP contribution in [0.4, 0.5) is 5.82 Å². The second-order valence-electron chi connectivity index (χ2n) is 7.77. The Kier molecular flexibility index (Phi) is 5.37. The number of fused-ring (bicyclic) bond motifs is 1. The molecule has 0 aliphatic carbocycles. The third kappa shape index (κ3) is 3.73. The van der Waals surface area contributed by atoms with E-state index in [0.29, 0.717) is 13.1 Å². The Bertz CT molecular complexity index is 1260. The summed E-state index contributed by atoms with van der Waals surface area (Å²) in [7, 11) is 2.02. The molecule has 0 unspecified atom stereocenters. The lowest BCUT2D eigenvalue weighted by molar-refractivity contribution is -0.126. The molecule has 0 spiro atoms. The van der Waals surface area contributed by atoms with Gasteiger partial charge in [-0.2, -0.15) is 0 Å². The molecule has 1 fully saturated rings. The molecule has 5 rings (SSSR count). The number of aryl methyl sites for hydroxylation is 1. The number of carbonyl (C=O) groups is 1. The van der Waals surface area contributed by atoms with Crippen molar-refractivity contribution < 1.29 is 4.79 Å². The summed E-state index contributed by atoms with van der Waals surface area (Å²) in [4.78, 5) is 30.1. The molecule has 0 bridgehead atoms. The number of rotatable bonds is 4. The van der Waals surface area contributed by atoms with Crippen LogP contribution in [0.3, 0.4) is 0 Å². The summed E-state index contributed by atoms with van der Waals surface area (Å²) in [5.74, 6) is 0.870. The van der Waals surface area contributed by atoms with Crippen LogP contribution in [0.25, 0.3) is 28.4 Å². The van der Waals surface area contributed by atoms with Gasteiger partial charge in [0.05, 0.1) is 11.9 Å². The number of hydrogen-bond acceptors (Lipinski definition) is 5. The summed E-state index contributed by atoms with van der Waals surface area (Å²) in [6.07, 6.45) is 10.5. The molecule has 0 N–H and O–H groups in total. The zero-order valence-corrected chi connectivity index (χ0v) is 17.9. The van der Waals surface area contributed by atoms with Gasteiger partial charge in [0.2, 0.25) is 5.91 Å². The number of aromatic nitrogens is 4. The molecule has 1 aliphatic rings. The highest BCUT2D eigenvalue weighted by atomic mass is 16.2. The van der Waals surface area contributed by atoms with Gasteiger partial charge in [-0.15, -0.1) is 0 Å². The average molecular weight is 425 g/mol. The van der Waals surface area contributed by atoms with Crippen molar-refractivity contribution in [3.05, 3.63) is 78.9 Å². The molecule has 160 valence electrons. The van der Waals surface area contributed by atoms with Crippen molar-refractivity contribution in [2.75, 3.05) is 31.1 Å². The molecular weight excluding hydrogens is 400 g/mol.